The number of nitrogens with zero attached hydrogens (tertiary/aromatic N) is 1. The van der Waals surface area contributed by atoms with Gasteiger partial charge in [0.25, 0.3) is 0 Å². The molecule has 2 saturated heterocycles. The molecule has 0 bridgehead atoms. The van der Waals surface area contributed by atoms with Gasteiger partial charge in [-0.25, -0.2) is 4.79 Å². The SMILES string of the molecule is C#CCN(C(=O)OCc1ccccc1)[C@H]1[C@H]2OC(C)(C)O[C@H]2O[C@@H]1C=C. The zero-order valence-electron chi connectivity index (χ0n) is 15.0. The van der Waals surface area contributed by atoms with Crippen LogP contribution in [0.15, 0.2) is 43.0 Å². The zero-order valence-corrected chi connectivity index (χ0v) is 15.0. The van der Waals surface area contributed by atoms with Crippen molar-refractivity contribution in [2.75, 3.05) is 6.54 Å². The smallest absolute Gasteiger partial charge is 0.411 e. The first-order valence-electron chi connectivity index (χ1n) is 8.49. The summed E-state index contributed by atoms with van der Waals surface area (Å²) in [5.74, 6) is 1.71. The van der Waals surface area contributed by atoms with Gasteiger partial charge in [0.2, 0.25) is 0 Å². The predicted octanol–water partition coefficient (Wildman–Crippen LogP) is 2.69. The summed E-state index contributed by atoms with van der Waals surface area (Å²) in [7, 11) is 0. The number of carbonyl (C=O) groups is 1. The highest BCUT2D eigenvalue weighted by Crippen LogP contribution is 2.39. The lowest BCUT2D eigenvalue weighted by molar-refractivity contribution is -0.205. The van der Waals surface area contributed by atoms with Crippen LogP contribution in [0.25, 0.3) is 0 Å². The fourth-order valence-electron chi connectivity index (χ4n) is 3.26. The first-order chi connectivity index (χ1) is 12.4. The minimum atomic E-state index is -0.796. The van der Waals surface area contributed by atoms with E-state index >= 15 is 0 Å². The maximum atomic E-state index is 12.7. The van der Waals surface area contributed by atoms with Crippen molar-refractivity contribution in [2.24, 2.45) is 0 Å². The normalized spacial score (nSPS) is 28.8. The molecule has 26 heavy (non-hydrogen) atoms. The summed E-state index contributed by atoms with van der Waals surface area (Å²) < 4.78 is 23.0. The van der Waals surface area contributed by atoms with Crippen LogP contribution in [0.2, 0.25) is 0 Å². The Balaban J connectivity index is 1.75. The molecule has 0 N–H and O–H groups in total. The third-order valence-electron chi connectivity index (χ3n) is 4.35. The molecule has 0 radical (unpaired) electrons. The zero-order chi connectivity index (χ0) is 18.7. The van der Waals surface area contributed by atoms with E-state index in [1.54, 1.807) is 19.9 Å². The average Bonchev–Trinajstić information content (AvgIpc) is 3.09. The van der Waals surface area contributed by atoms with Crippen molar-refractivity contribution >= 4 is 6.09 Å². The molecule has 6 nitrogen and oxygen atoms in total. The highest BCUT2D eigenvalue weighted by molar-refractivity contribution is 5.69. The van der Waals surface area contributed by atoms with Crippen LogP contribution in [-0.2, 0) is 25.6 Å². The molecule has 3 rings (SSSR count). The Bertz CT molecular complexity index is 696. The number of fused-ring (bicyclic) bond motifs is 1. The minimum Gasteiger partial charge on any atom is -0.445 e. The molecule has 2 aliphatic heterocycles. The molecule has 0 unspecified atom stereocenters. The number of hydrogen-bond acceptors (Lipinski definition) is 5. The van der Waals surface area contributed by atoms with Crippen LogP contribution in [0.5, 0.6) is 0 Å². The Morgan fingerprint density at radius 3 is 2.77 bits per heavy atom. The highest BCUT2D eigenvalue weighted by atomic mass is 16.8. The topological polar surface area (TPSA) is 57.2 Å². The van der Waals surface area contributed by atoms with E-state index in [2.05, 4.69) is 12.5 Å². The van der Waals surface area contributed by atoms with Gasteiger partial charge >= 0.3 is 6.09 Å². The van der Waals surface area contributed by atoms with E-state index in [0.29, 0.717) is 0 Å². The molecule has 0 aliphatic carbocycles. The van der Waals surface area contributed by atoms with Crippen molar-refractivity contribution in [3.8, 4) is 12.3 Å². The molecular formula is C20H23NO5. The van der Waals surface area contributed by atoms with Crippen molar-refractivity contribution in [2.45, 2.75) is 50.8 Å². The first-order valence-corrected chi connectivity index (χ1v) is 8.49. The second kappa shape index (κ2) is 7.50. The lowest BCUT2D eigenvalue weighted by atomic mass is 10.1. The van der Waals surface area contributed by atoms with Gasteiger partial charge in [-0.05, 0) is 19.4 Å². The average molecular weight is 357 g/mol. The van der Waals surface area contributed by atoms with Crippen LogP contribution in [0.4, 0.5) is 4.79 Å². The van der Waals surface area contributed by atoms with Gasteiger partial charge in [0.1, 0.15) is 18.8 Å². The lowest BCUT2D eigenvalue weighted by Gasteiger charge is -2.32. The largest absolute Gasteiger partial charge is 0.445 e. The van der Waals surface area contributed by atoms with Crippen LogP contribution in [-0.4, -0.2) is 47.9 Å². The van der Waals surface area contributed by atoms with Crippen molar-refractivity contribution in [3.05, 3.63) is 48.6 Å². The molecule has 1 amide bonds. The number of rotatable bonds is 5. The summed E-state index contributed by atoms with van der Waals surface area (Å²) in [6.45, 7) is 7.61. The number of amides is 1. The third-order valence-corrected chi connectivity index (χ3v) is 4.35. The third kappa shape index (κ3) is 3.75. The number of hydrogen-bond donors (Lipinski definition) is 0. The molecule has 0 spiro atoms. The summed E-state index contributed by atoms with van der Waals surface area (Å²) >= 11 is 0. The van der Waals surface area contributed by atoms with Gasteiger partial charge < -0.3 is 18.9 Å². The maximum absolute atomic E-state index is 12.7. The Kier molecular flexibility index (Phi) is 5.33. The molecule has 1 aromatic rings. The highest BCUT2D eigenvalue weighted by Gasteiger charge is 2.56. The van der Waals surface area contributed by atoms with Gasteiger partial charge in [0.05, 0.1) is 12.6 Å². The first kappa shape index (κ1) is 18.5. The van der Waals surface area contributed by atoms with Crippen molar-refractivity contribution in [3.63, 3.8) is 0 Å². The second-order valence-electron chi connectivity index (χ2n) is 6.67. The van der Waals surface area contributed by atoms with Gasteiger partial charge in [-0.2, -0.15) is 0 Å². The molecule has 6 heteroatoms. The van der Waals surface area contributed by atoms with E-state index in [1.807, 2.05) is 30.3 Å². The molecular weight excluding hydrogens is 334 g/mol. The van der Waals surface area contributed by atoms with Gasteiger partial charge in [-0.1, -0.05) is 42.3 Å². The van der Waals surface area contributed by atoms with E-state index in [4.69, 9.17) is 25.4 Å². The molecule has 0 aromatic heterocycles. The van der Waals surface area contributed by atoms with Gasteiger partial charge in [-0.3, -0.25) is 4.90 Å². The van der Waals surface area contributed by atoms with Crippen LogP contribution in [0.3, 0.4) is 0 Å². The Morgan fingerprint density at radius 1 is 1.38 bits per heavy atom. The van der Waals surface area contributed by atoms with Crippen LogP contribution < -0.4 is 0 Å². The minimum absolute atomic E-state index is 0.0685. The second-order valence-corrected chi connectivity index (χ2v) is 6.67. The molecule has 1 aromatic carbocycles. The molecule has 0 saturated carbocycles. The van der Waals surface area contributed by atoms with Crippen molar-refractivity contribution < 1.29 is 23.7 Å². The summed E-state index contributed by atoms with van der Waals surface area (Å²) in [6.07, 6.45) is 5.07. The number of benzene rings is 1. The van der Waals surface area contributed by atoms with Crippen LogP contribution in [0, 0.1) is 12.3 Å². The fraction of sp³-hybridized carbons (Fsp3) is 0.450. The van der Waals surface area contributed by atoms with E-state index < -0.39 is 36.4 Å². The van der Waals surface area contributed by atoms with Gasteiger partial charge in [0, 0.05) is 0 Å². The molecule has 138 valence electrons. The van der Waals surface area contributed by atoms with E-state index in [1.165, 1.54) is 4.90 Å². The van der Waals surface area contributed by atoms with E-state index in [-0.39, 0.29) is 13.2 Å². The number of carbonyl (C=O) groups excluding carboxylic acids is 1. The lowest BCUT2D eigenvalue weighted by Crippen LogP contribution is -2.51. The molecule has 2 fully saturated rings. The molecule has 4 atom stereocenters. The maximum Gasteiger partial charge on any atom is 0.411 e. The van der Waals surface area contributed by atoms with Gasteiger partial charge in [-0.15, -0.1) is 13.0 Å². The van der Waals surface area contributed by atoms with Crippen molar-refractivity contribution in [1.29, 1.82) is 0 Å². The fourth-order valence-corrected chi connectivity index (χ4v) is 3.26. The van der Waals surface area contributed by atoms with Crippen LogP contribution in [0.1, 0.15) is 19.4 Å². The Morgan fingerprint density at radius 2 is 2.12 bits per heavy atom. The van der Waals surface area contributed by atoms with Gasteiger partial charge in [0.15, 0.2) is 12.1 Å². The summed E-state index contributed by atoms with van der Waals surface area (Å²) in [4.78, 5) is 14.2. The quantitative estimate of drug-likeness (QED) is 0.599. The van der Waals surface area contributed by atoms with Crippen LogP contribution >= 0.6 is 0 Å². The Hall–Kier alpha value is -2.33. The van der Waals surface area contributed by atoms with E-state index in [0.717, 1.165) is 5.56 Å². The standard InChI is InChI=1S/C20H23NO5/c1-5-12-21(19(22)23-13-14-10-8-7-9-11-14)16-15(6-2)24-18-17(16)25-20(3,4)26-18/h1,6-11,15-18H,2,12-13H2,3-4H3/t15-,16-,17-,18-/m1/s1. The summed E-state index contributed by atoms with van der Waals surface area (Å²) in [6, 6.07) is 8.97. The molecule has 2 aliphatic rings. The summed E-state index contributed by atoms with van der Waals surface area (Å²) in [5.41, 5.74) is 0.893. The summed E-state index contributed by atoms with van der Waals surface area (Å²) in [5, 5.41) is 0. The monoisotopic (exact) mass is 357 g/mol. The number of terminal acetylenes is 1. The molecule has 2 heterocycles. The van der Waals surface area contributed by atoms with Crippen molar-refractivity contribution in [1.82, 2.24) is 4.90 Å². The van der Waals surface area contributed by atoms with E-state index in [9.17, 15) is 4.79 Å². The Labute approximate surface area is 153 Å². The predicted molar refractivity (Wildman–Crippen MR) is 94.8 cm³/mol. The number of ether oxygens (including phenoxy) is 4.